The van der Waals surface area contributed by atoms with Crippen LogP contribution in [0.3, 0.4) is 0 Å². The van der Waals surface area contributed by atoms with Crippen LogP contribution < -0.4 is 5.32 Å². The normalized spacial score (nSPS) is 17.5. The third kappa shape index (κ3) is 3.84. The van der Waals surface area contributed by atoms with Crippen molar-refractivity contribution < 1.29 is 0 Å². The van der Waals surface area contributed by atoms with Crippen LogP contribution in [0.25, 0.3) is 0 Å². The minimum atomic E-state index is 0.722. The molecule has 0 atom stereocenters. The van der Waals surface area contributed by atoms with E-state index in [1.807, 2.05) is 6.20 Å². The highest BCUT2D eigenvalue weighted by Crippen LogP contribution is 2.17. The Bertz CT molecular complexity index is 313. The second-order valence-electron chi connectivity index (χ2n) is 5.11. The zero-order valence-corrected chi connectivity index (χ0v) is 11.0. The fraction of sp³-hybridized carbons (Fsp3) is 0.786. The first-order valence-electron chi connectivity index (χ1n) is 7.13. The van der Waals surface area contributed by atoms with Crippen LogP contribution in [0.4, 0.5) is 0 Å². The van der Waals surface area contributed by atoms with Gasteiger partial charge in [0, 0.05) is 25.0 Å². The highest BCUT2D eigenvalue weighted by Gasteiger charge is 2.13. The summed E-state index contributed by atoms with van der Waals surface area (Å²) < 4.78 is 2.29. The smallest absolute Gasteiger partial charge is 0.122 e. The maximum absolute atomic E-state index is 4.45. The van der Waals surface area contributed by atoms with Crippen LogP contribution in [0, 0.1) is 0 Å². The average molecular weight is 235 g/mol. The predicted molar refractivity (Wildman–Crippen MR) is 70.8 cm³/mol. The third-order valence-corrected chi connectivity index (χ3v) is 3.71. The number of aromatic nitrogens is 2. The Hall–Kier alpha value is -0.830. The lowest BCUT2D eigenvalue weighted by atomic mass is 9.95. The highest BCUT2D eigenvalue weighted by atomic mass is 15.1. The van der Waals surface area contributed by atoms with Gasteiger partial charge in [-0.3, -0.25) is 0 Å². The van der Waals surface area contributed by atoms with Gasteiger partial charge in [0.2, 0.25) is 0 Å². The molecule has 0 bridgehead atoms. The van der Waals surface area contributed by atoms with Gasteiger partial charge in [-0.1, -0.05) is 32.6 Å². The molecule has 17 heavy (non-hydrogen) atoms. The van der Waals surface area contributed by atoms with E-state index >= 15 is 0 Å². The van der Waals surface area contributed by atoms with Gasteiger partial charge in [-0.25, -0.2) is 4.98 Å². The third-order valence-electron chi connectivity index (χ3n) is 3.71. The molecule has 1 aliphatic carbocycles. The fourth-order valence-electron chi connectivity index (χ4n) is 2.58. The van der Waals surface area contributed by atoms with Gasteiger partial charge in [-0.15, -0.1) is 0 Å². The maximum Gasteiger partial charge on any atom is 0.122 e. The fourth-order valence-corrected chi connectivity index (χ4v) is 2.58. The highest BCUT2D eigenvalue weighted by molar-refractivity contribution is 4.92. The molecule has 0 aromatic carbocycles. The summed E-state index contributed by atoms with van der Waals surface area (Å²) in [5, 5.41) is 3.66. The molecule has 0 radical (unpaired) electrons. The van der Waals surface area contributed by atoms with Gasteiger partial charge in [0.05, 0.1) is 6.54 Å². The molecule has 1 aromatic heterocycles. The Morgan fingerprint density at radius 1 is 1.35 bits per heavy atom. The van der Waals surface area contributed by atoms with E-state index in [1.165, 1.54) is 50.8 Å². The second kappa shape index (κ2) is 6.80. The number of imidazole rings is 1. The van der Waals surface area contributed by atoms with Crippen molar-refractivity contribution in [3.63, 3.8) is 0 Å². The van der Waals surface area contributed by atoms with E-state index in [2.05, 4.69) is 28.0 Å². The number of hydrogen-bond acceptors (Lipinski definition) is 2. The van der Waals surface area contributed by atoms with Gasteiger partial charge in [-0.05, 0) is 19.3 Å². The molecule has 1 N–H and O–H groups in total. The lowest BCUT2D eigenvalue weighted by molar-refractivity contribution is 0.366. The van der Waals surface area contributed by atoms with Gasteiger partial charge >= 0.3 is 0 Å². The summed E-state index contributed by atoms with van der Waals surface area (Å²) in [6, 6.07) is 0.722. The largest absolute Gasteiger partial charge is 0.334 e. The summed E-state index contributed by atoms with van der Waals surface area (Å²) >= 11 is 0. The SMILES string of the molecule is CCCCn1ccnc1CNC1CCCCC1. The minimum Gasteiger partial charge on any atom is -0.334 e. The lowest BCUT2D eigenvalue weighted by Gasteiger charge is -2.22. The molecule has 0 aliphatic heterocycles. The Labute approximate surface area is 105 Å². The molecular formula is C14H25N3. The molecule has 1 aromatic rings. The molecule has 96 valence electrons. The van der Waals surface area contributed by atoms with Crippen LogP contribution in [0.1, 0.15) is 57.7 Å². The quantitative estimate of drug-likeness (QED) is 0.821. The summed E-state index contributed by atoms with van der Waals surface area (Å²) in [6.45, 7) is 4.27. The molecule has 3 heteroatoms. The molecule has 1 heterocycles. The monoisotopic (exact) mass is 235 g/mol. The average Bonchev–Trinajstić information content (AvgIpc) is 2.82. The van der Waals surface area contributed by atoms with Crippen LogP contribution >= 0.6 is 0 Å². The molecule has 0 saturated heterocycles. The molecular weight excluding hydrogens is 210 g/mol. The van der Waals surface area contributed by atoms with Gasteiger partial charge in [0.1, 0.15) is 5.82 Å². The van der Waals surface area contributed by atoms with Gasteiger partial charge in [-0.2, -0.15) is 0 Å². The van der Waals surface area contributed by atoms with Crippen molar-refractivity contribution >= 4 is 0 Å². The number of rotatable bonds is 6. The van der Waals surface area contributed by atoms with Crippen LogP contribution in [-0.4, -0.2) is 15.6 Å². The van der Waals surface area contributed by atoms with E-state index in [9.17, 15) is 0 Å². The van der Waals surface area contributed by atoms with Gasteiger partial charge in [0.15, 0.2) is 0 Å². The molecule has 0 spiro atoms. The number of unbranched alkanes of at least 4 members (excludes halogenated alkanes) is 1. The van der Waals surface area contributed by atoms with E-state index in [4.69, 9.17) is 0 Å². The van der Waals surface area contributed by atoms with Crippen LogP contribution in [0.2, 0.25) is 0 Å². The first-order valence-corrected chi connectivity index (χ1v) is 7.13. The van der Waals surface area contributed by atoms with E-state index in [0.717, 1.165) is 19.1 Å². The summed E-state index contributed by atoms with van der Waals surface area (Å²) in [5.74, 6) is 1.20. The maximum atomic E-state index is 4.45. The summed E-state index contributed by atoms with van der Waals surface area (Å²) in [7, 11) is 0. The number of nitrogens with one attached hydrogen (secondary N) is 1. The van der Waals surface area contributed by atoms with E-state index < -0.39 is 0 Å². The van der Waals surface area contributed by atoms with E-state index in [1.54, 1.807) is 0 Å². The predicted octanol–water partition coefficient (Wildman–Crippen LogP) is 3.11. The molecule has 1 saturated carbocycles. The first kappa shape index (κ1) is 12.6. The first-order chi connectivity index (χ1) is 8.40. The van der Waals surface area contributed by atoms with Crippen LogP contribution in [0.5, 0.6) is 0 Å². The van der Waals surface area contributed by atoms with Gasteiger partial charge < -0.3 is 9.88 Å². The minimum absolute atomic E-state index is 0.722. The molecule has 1 fully saturated rings. The van der Waals surface area contributed by atoms with E-state index in [0.29, 0.717) is 0 Å². The van der Waals surface area contributed by atoms with E-state index in [-0.39, 0.29) is 0 Å². The number of hydrogen-bond donors (Lipinski definition) is 1. The van der Waals surface area contributed by atoms with Crippen molar-refractivity contribution in [3.05, 3.63) is 18.2 Å². The standard InChI is InChI=1S/C14H25N3/c1-2-3-10-17-11-9-15-14(17)12-16-13-7-5-4-6-8-13/h9,11,13,16H,2-8,10,12H2,1H3. The van der Waals surface area contributed by atoms with Crippen molar-refractivity contribution in [2.24, 2.45) is 0 Å². The molecule has 1 aliphatic rings. The van der Waals surface area contributed by atoms with Crippen molar-refractivity contribution in [2.75, 3.05) is 0 Å². The summed E-state index contributed by atoms with van der Waals surface area (Å²) in [4.78, 5) is 4.45. The topological polar surface area (TPSA) is 29.9 Å². The zero-order chi connectivity index (χ0) is 11.9. The Morgan fingerprint density at radius 2 is 2.18 bits per heavy atom. The van der Waals surface area contributed by atoms with Crippen molar-refractivity contribution in [1.29, 1.82) is 0 Å². The van der Waals surface area contributed by atoms with Crippen molar-refractivity contribution in [2.45, 2.75) is 71.0 Å². The number of aryl methyl sites for hydroxylation is 1. The van der Waals surface area contributed by atoms with Crippen LogP contribution in [0.15, 0.2) is 12.4 Å². The van der Waals surface area contributed by atoms with Crippen LogP contribution in [-0.2, 0) is 13.1 Å². The molecule has 2 rings (SSSR count). The number of nitrogens with zero attached hydrogens (tertiary/aromatic N) is 2. The Kier molecular flexibility index (Phi) is 5.05. The Balaban J connectivity index is 1.79. The summed E-state index contributed by atoms with van der Waals surface area (Å²) in [6.07, 6.45) is 13.4. The summed E-state index contributed by atoms with van der Waals surface area (Å²) in [5.41, 5.74) is 0. The van der Waals surface area contributed by atoms with Gasteiger partial charge in [0.25, 0.3) is 0 Å². The molecule has 0 unspecified atom stereocenters. The molecule has 3 nitrogen and oxygen atoms in total. The Morgan fingerprint density at radius 3 is 2.94 bits per heavy atom. The molecule has 0 amide bonds. The zero-order valence-electron chi connectivity index (χ0n) is 11.0. The lowest BCUT2D eigenvalue weighted by Crippen LogP contribution is -2.31. The van der Waals surface area contributed by atoms with Crippen molar-refractivity contribution in [3.8, 4) is 0 Å². The second-order valence-corrected chi connectivity index (χ2v) is 5.11. The van der Waals surface area contributed by atoms with Crippen molar-refractivity contribution in [1.82, 2.24) is 14.9 Å².